The average molecular weight is 240 g/mol. The number of hydrogen-bond acceptors (Lipinski definition) is 3. The molecule has 2 rings (SSSR count). The van der Waals surface area contributed by atoms with Crippen molar-refractivity contribution in [3.63, 3.8) is 0 Å². The summed E-state index contributed by atoms with van der Waals surface area (Å²) in [6, 6.07) is 0. The molecule has 4 unspecified atom stereocenters. The van der Waals surface area contributed by atoms with Gasteiger partial charge in [0.2, 0.25) is 0 Å². The summed E-state index contributed by atoms with van der Waals surface area (Å²) in [5.41, 5.74) is -0.0200. The summed E-state index contributed by atoms with van der Waals surface area (Å²) in [6.45, 7) is 2.07. The third-order valence-electron chi connectivity index (χ3n) is 3.69. The van der Waals surface area contributed by atoms with Crippen molar-refractivity contribution in [1.29, 1.82) is 0 Å². The number of epoxide rings is 1. The van der Waals surface area contributed by atoms with Gasteiger partial charge in [-0.05, 0) is 31.1 Å². The van der Waals surface area contributed by atoms with Gasteiger partial charge in [-0.15, -0.1) is 0 Å². The Morgan fingerprint density at radius 3 is 2.53 bits per heavy atom. The monoisotopic (exact) mass is 240 g/mol. The fourth-order valence-corrected chi connectivity index (χ4v) is 2.61. The predicted octanol–water partition coefficient (Wildman–Crippen LogP) is 1.29. The van der Waals surface area contributed by atoms with Crippen LogP contribution in [0.15, 0.2) is 11.6 Å². The molecule has 0 aromatic carbocycles. The maximum atomic E-state index is 10.9. The van der Waals surface area contributed by atoms with Crippen molar-refractivity contribution in [1.82, 2.24) is 0 Å². The van der Waals surface area contributed by atoms with Gasteiger partial charge in [0.25, 0.3) is 0 Å². The molecule has 1 aliphatic heterocycles. The third-order valence-corrected chi connectivity index (χ3v) is 3.69. The third kappa shape index (κ3) is 2.85. The molecule has 1 saturated carbocycles. The predicted molar refractivity (Wildman–Crippen MR) is 58.5 cm³/mol. The lowest BCUT2D eigenvalue weighted by atomic mass is 9.77. The normalized spacial score (nSPS) is 36.2. The maximum Gasteiger partial charge on any atom is 0.331 e. The molecule has 0 aromatic heterocycles. The van der Waals surface area contributed by atoms with Gasteiger partial charge in [0.15, 0.2) is 0 Å². The first kappa shape index (κ1) is 12.1. The SMILES string of the molecule is CC1CC2OC2CC1C/C(=C/C(=O)O)C(=O)O. The van der Waals surface area contributed by atoms with Gasteiger partial charge in [-0.25, -0.2) is 9.59 Å². The minimum atomic E-state index is -1.20. The van der Waals surface area contributed by atoms with E-state index in [0.29, 0.717) is 18.4 Å². The Morgan fingerprint density at radius 2 is 1.94 bits per heavy atom. The second-order valence-corrected chi connectivity index (χ2v) is 4.94. The molecule has 1 heterocycles. The summed E-state index contributed by atoms with van der Waals surface area (Å²) >= 11 is 0. The van der Waals surface area contributed by atoms with Crippen LogP contribution in [0.2, 0.25) is 0 Å². The molecular weight excluding hydrogens is 224 g/mol. The fourth-order valence-electron chi connectivity index (χ4n) is 2.61. The highest BCUT2D eigenvalue weighted by atomic mass is 16.6. The molecule has 2 fully saturated rings. The molecule has 94 valence electrons. The van der Waals surface area contributed by atoms with E-state index in [4.69, 9.17) is 14.9 Å². The molecule has 0 radical (unpaired) electrons. The largest absolute Gasteiger partial charge is 0.478 e. The molecule has 0 bridgehead atoms. The van der Waals surface area contributed by atoms with Crippen LogP contribution in [-0.4, -0.2) is 34.4 Å². The summed E-state index contributed by atoms with van der Waals surface area (Å²) in [6.07, 6.45) is 3.55. The molecule has 17 heavy (non-hydrogen) atoms. The van der Waals surface area contributed by atoms with Gasteiger partial charge in [0, 0.05) is 11.6 Å². The number of carboxylic acid groups (broad SMARTS) is 2. The summed E-state index contributed by atoms with van der Waals surface area (Å²) < 4.78 is 5.42. The van der Waals surface area contributed by atoms with Crippen molar-refractivity contribution in [3.8, 4) is 0 Å². The molecule has 1 saturated heterocycles. The van der Waals surface area contributed by atoms with Crippen LogP contribution in [0.25, 0.3) is 0 Å². The van der Waals surface area contributed by atoms with E-state index in [1.807, 2.05) is 0 Å². The van der Waals surface area contributed by atoms with E-state index in [9.17, 15) is 9.59 Å². The minimum absolute atomic E-state index is 0.0200. The van der Waals surface area contributed by atoms with Crippen molar-refractivity contribution in [2.45, 2.75) is 38.4 Å². The van der Waals surface area contributed by atoms with Crippen LogP contribution < -0.4 is 0 Å². The molecule has 5 nitrogen and oxygen atoms in total. The van der Waals surface area contributed by atoms with Crippen LogP contribution in [0.4, 0.5) is 0 Å². The number of ether oxygens (including phenoxy) is 1. The van der Waals surface area contributed by atoms with Gasteiger partial charge in [0.05, 0.1) is 12.2 Å². The van der Waals surface area contributed by atoms with Crippen LogP contribution in [0.3, 0.4) is 0 Å². The molecule has 4 atom stereocenters. The number of hydrogen-bond donors (Lipinski definition) is 2. The molecule has 0 amide bonds. The van der Waals surface area contributed by atoms with Crippen LogP contribution in [0, 0.1) is 11.8 Å². The zero-order valence-electron chi connectivity index (χ0n) is 9.63. The number of rotatable bonds is 4. The first-order chi connectivity index (χ1) is 7.97. The van der Waals surface area contributed by atoms with E-state index >= 15 is 0 Å². The van der Waals surface area contributed by atoms with Gasteiger partial charge in [0.1, 0.15) is 0 Å². The average Bonchev–Trinajstić information content (AvgIpc) is 2.94. The van der Waals surface area contributed by atoms with Crippen LogP contribution >= 0.6 is 0 Å². The van der Waals surface area contributed by atoms with E-state index in [1.54, 1.807) is 0 Å². The summed E-state index contributed by atoms with van der Waals surface area (Å²) in [5.74, 6) is -1.75. The van der Waals surface area contributed by atoms with Crippen LogP contribution in [0.5, 0.6) is 0 Å². The summed E-state index contributed by atoms with van der Waals surface area (Å²) in [5, 5.41) is 17.6. The molecule has 2 N–H and O–H groups in total. The van der Waals surface area contributed by atoms with E-state index in [0.717, 1.165) is 18.9 Å². The van der Waals surface area contributed by atoms with Crippen molar-refractivity contribution in [2.75, 3.05) is 0 Å². The molecule has 1 aliphatic carbocycles. The summed E-state index contributed by atoms with van der Waals surface area (Å²) in [4.78, 5) is 21.5. The molecule has 0 spiro atoms. The highest BCUT2D eigenvalue weighted by molar-refractivity contribution is 5.94. The topological polar surface area (TPSA) is 87.1 Å². The highest BCUT2D eigenvalue weighted by Crippen LogP contribution is 2.44. The van der Waals surface area contributed by atoms with E-state index in [2.05, 4.69) is 6.92 Å². The maximum absolute atomic E-state index is 10.9. The zero-order valence-corrected chi connectivity index (χ0v) is 9.63. The van der Waals surface area contributed by atoms with Gasteiger partial charge in [-0.1, -0.05) is 6.92 Å². The van der Waals surface area contributed by atoms with Crippen molar-refractivity contribution < 1.29 is 24.5 Å². The van der Waals surface area contributed by atoms with Crippen molar-refractivity contribution in [3.05, 3.63) is 11.6 Å². The molecule has 0 aromatic rings. The number of aliphatic carboxylic acids is 2. The van der Waals surface area contributed by atoms with E-state index in [-0.39, 0.29) is 17.6 Å². The second-order valence-electron chi connectivity index (χ2n) is 4.94. The Kier molecular flexibility index (Phi) is 3.19. The van der Waals surface area contributed by atoms with Gasteiger partial charge in [-0.3, -0.25) is 0 Å². The Hall–Kier alpha value is -1.36. The summed E-state index contributed by atoms with van der Waals surface area (Å²) in [7, 11) is 0. The number of carbonyl (C=O) groups is 2. The first-order valence-electron chi connectivity index (χ1n) is 5.79. The van der Waals surface area contributed by atoms with Gasteiger partial charge in [-0.2, -0.15) is 0 Å². The van der Waals surface area contributed by atoms with Gasteiger partial charge >= 0.3 is 11.9 Å². The van der Waals surface area contributed by atoms with E-state index < -0.39 is 11.9 Å². The Balaban J connectivity index is 2.02. The Labute approximate surface area is 99.1 Å². The smallest absolute Gasteiger partial charge is 0.331 e. The number of fused-ring (bicyclic) bond motifs is 1. The Morgan fingerprint density at radius 1 is 1.29 bits per heavy atom. The van der Waals surface area contributed by atoms with Crippen LogP contribution in [-0.2, 0) is 14.3 Å². The fraction of sp³-hybridized carbons (Fsp3) is 0.667. The van der Waals surface area contributed by atoms with Crippen molar-refractivity contribution >= 4 is 11.9 Å². The van der Waals surface area contributed by atoms with Crippen molar-refractivity contribution in [2.24, 2.45) is 11.8 Å². The first-order valence-corrected chi connectivity index (χ1v) is 5.79. The standard InChI is InChI=1S/C12H16O5/c1-6-2-9-10(17-9)4-7(6)3-8(12(15)16)5-11(13)14/h5-7,9-10H,2-4H2,1H3,(H,13,14)(H,15,16)/b8-5-. The quantitative estimate of drug-likeness (QED) is 0.571. The number of carboxylic acids is 2. The van der Waals surface area contributed by atoms with Gasteiger partial charge < -0.3 is 14.9 Å². The molecule has 2 aliphatic rings. The molecule has 5 heteroatoms. The lowest BCUT2D eigenvalue weighted by Crippen LogP contribution is -2.24. The Bertz CT molecular complexity index is 373. The molecular formula is C12H16O5. The minimum Gasteiger partial charge on any atom is -0.478 e. The highest BCUT2D eigenvalue weighted by Gasteiger charge is 2.47. The zero-order chi connectivity index (χ0) is 12.6. The second kappa shape index (κ2) is 4.49. The lowest BCUT2D eigenvalue weighted by molar-refractivity contribution is -0.135. The lowest BCUT2D eigenvalue weighted by Gasteiger charge is -2.26. The van der Waals surface area contributed by atoms with Crippen LogP contribution in [0.1, 0.15) is 26.2 Å². The van der Waals surface area contributed by atoms with E-state index in [1.165, 1.54) is 0 Å².